The SMILES string of the molecule is COC(=O)c1ccoc1CN(CCCO)CC(C)(C)C. The molecule has 1 aromatic heterocycles. The highest BCUT2D eigenvalue weighted by Gasteiger charge is 2.21. The van der Waals surface area contributed by atoms with Gasteiger partial charge >= 0.3 is 5.97 Å². The van der Waals surface area contributed by atoms with Crippen LogP contribution in [0.5, 0.6) is 0 Å². The summed E-state index contributed by atoms with van der Waals surface area (Å²) in [5.41, 5.74) is 0.600. The molecule has 1 N–H and O–H groups in total. The second kappa shape index (κ2) is 7.45. The molecule has 0 aliphatic carbocycles. The number of aliphatic hydroxyl groups excluding tert-OH is 1. The summed E-state index contributed by atoms with van der Waals surface area (Å²) in [6, 6.07) is 1.63. The van der Waals surface area contributed by atoms with Crippen molar-refractivity contribution in [2.75, 3.05) is 26.8 Å². The maximum Gasteiger partial charge on any atom is 0.341 e. The van der Waals surface area contributed by atoms with Gasteiger partial charge in [-0.1, -0.05) is 20.8 Å². The molecule has 1 aromatic rings. The number of hydrogen-bond acceptors (Lipinski definition) is 5. The first-order valence-corrected chi connectivity index (χ1v) is 6.85. The molecule has 0 saturated heterocycles. The first-order valence-electron chi connectivity index (χ1n) is 6.85. The van der Waals surface area contributed by atoms with E-state index in [1.54, 1.807) is 6.07 Å². The number of esters is 1. The minimum atomic E-state index is -0.383. The van der Waals surface area contributed by atoms with E-state index in [1.165, 1.54) is 13.4 Å². The van der Waals surface area contributed by atoms with Gasteiger partial charge in [0.25, 0.3) is 0 Å². The standard InChI is InChI=1S/C15H25NO4/c1-15(2,3)11-16(7-5-8-17)10-13-12(6-9-20-13)14(18)19-4/h6,9,17H,5,7-8,10-11H2,1-4H3. The third kappa shape index (κ3) is 5.35. The van der Waals surface area contributed by atoms with E-state index in [0.717, 1.165) is 13.1 Å². The van der Waals surface area contributed by atoms with Gasteiger partial charge in [0.05, 0.1) is 19.9 Å². The van der Waals surface area contributed by atoms with Crippen LogP contribution in [0.3, 0.4) is 0 Å². The van der Waals surface area contributed by atoms with Crippen molar-refractivity contribution in [3.8, 4) is 0 Å². The van der Waals surface area contributed by atoms with Gasteiger partial charge in [0, 0.05) is 19.7 Å². The minimum absolute atomic E-state index is 0.132. The van der Waals surface area contributed by atoms with Crippen LogP contribution in [0, 0.1) is 5.41 Å². The number of rotatable bonds is 7. The molecule has 0 spiro atoms. The Morgan fingerprint density at radius 2 is 2.15 bits per heavy atom. The van der Waals surface area contributed by atoms with Gasteiger partial charge in [0.1, 0.15) is 11.3 Å². The van der Waals surface area contributed by atoms with Gasteiger partial charge in [0.15, 0.2) is 0 Å². The zero-order chi connectivity index (χ0) is 15.2. The van der Waals surface area contributed by atoms with Gasteiger partial charge < -0.3 is 14.3 Å². The van der Waals surface area contributed by atoms with Crippen LogP contribution in [0.15, 0.2) is 16.7 Å². The molecule has 5 heteroatoms. The maximum atomic E-state index is 11.6. The van der Waals surface area contributed by atoms with Crippen molar-refractivity contribution in [3.63, 3.8) is 0 Å². The lowest BCUT2D eigenvalue weighted by atomic mass is 9.96. The van der Waals surface area contributed by atoms with Crippen molar-refractivity contribution in [2.24, 2.45) is 5.41 Å². The highest BCUT2D eigenvalue weighted by atomic mass is 16.5. The third-order valence-electron chi connectivity index (χ3n) is 2.85. The molecule has 1 rings (SSSR count). The fraction of sp³-hybridized carbons (Fsp3) is 0.667. The van der Waals surface area contributed by atoms with Gasteiger partial charge in [-0.2, -0.15) is 0 Å². The Labute approximate surface area is 120 Å². The fourth-order valence-corrected chi connectivity index (χ4v) is 2.14. The molecule has 20 heavy (non-hydrogen) atoms. The van der Waals surface area contributed by atoms with Gasteiger partial charge in [-0.3, -0.25) is 4.90 Å². The highest BCUT2D eigenvalue weighted by Crippen LogP contribution is 2.20. The van der Waals surface area contributed by atoms with Gasteiger partial charge in [-0.15, -0.1) is 0 Å². The summed E-state index contributed by atoms with van der Waals surface area (Å²) in [6.45, 7) is 8.77. The maximum absolute atomic E-state index is 11.6. The van der Waals surface area contributed by atoms with E-state index in [0.29, 0.717) is 24.3 Å². The van der Waals surface area contributed by atoms with E-state index in [-0.39, 0.29) is 18.0 Å². The summed E-state index contributed by atoms with van der Waals surface area (Å²) in [6.07, 6.45) is 2.20. The Bertz CT molecular complexity index is 420. The van der Waals surface area contributed by atoms with Crippen LogP contribution in [0.1, 0.15) is 43.3 Å². The molecule has 0 saturated carbocycles. The van der Waals surface area contributed by atoms with Crippen LogP contribution in [-0.4, -0.2) is 42.8 Å². The number of furan rings is 1. The quantitative estimate of drug-likeness (QED) is 0.778. The number of nitrogens with zero attached hydrogens (tertiary/aromatic N) is 1. The van der Waals surface area contributed by atoms with Crippen molar-refractivity contribution < 1.29 is 19.1 Å². The second-order valence-electron chi connectivity index (χ2n) is 6.10. The predicted molar refractivity (Wildman–Crippen MR) is 76.5 cm³/mol. The number of ether oxygens (including phenoxy) is 1. The molecule has 0 aromatic carbocycles. The minimum Gasteiger partial charge on any atom is -0.467 e. The zero-order valence-electron chi connectivity index (χ0n) is 12.8. The second-order valence-corrected chi connectivity index (χ2v) is 6.10. The van der Waals surface area contributed by atoms with Crippen LogP contribution in [0.4, 0.5) is 0 Å². The van der Waals surface area contributed by atoms with E-state index >= 15 is 0 Å². The summed E-state index contributed by atoms with van der Waals surface area (Å²) in [4.78, 5) is 13.8. The van der Waals surface area contributed by atoms with E-state index in [4.69, 9.17) is 14.3 Å². The molecule has 0 unspecified atom stereocenters. The van der Waals surface area contributed by atoms with Crippen molar-refractivity contribution in [3.05, 3.63) is 23.7 Å². The van der Waals surface area contributed by atoms with Gasteiger partial charge in [-0.05, 0) is 17.9 Å². The number of hydrogen-bond donors (Lipinski definition) is 1. The smallest absolute Gasteiger partial charge is 0.341 e. The van der Waals surface area contributed by atoms with Crippen LogP contribution < -0.4 is 0 Å². The summed E-state index contributed by atoms with van der Waals surface area (Å²) >= 11 is 0. The largest absolute Gasteiger partial charge is 0.467 e. The van der Waals surface area contributed by atoms with E-state index < -0.39 is 0 Å². The van der Waals surface area contributed by atoms with Crippen LogP contribution in [0.25, 0.3) is 0 Å². The molecule has 0 amide bonds. The Kier molecular flexibility index (Phi) is 6.23. The zero-order valence-corrected chi connectivity index (χ0v) is 12.8. The van der Waals surface area contributed by atoms with Crippen LogP contribution in [-0.2, 0) is 11.3 Å². The molecule has 0 aliphatic rings. The molecule has 1 heterocycles. The van der Waals surface area contributed by atoms with E-state index in [1.807, 2.05) is 0 Å². The van der Waals surface area contributed by atoms with Crippen LogP contribution >= 0.6 is 0 Å². The highest BCUT2D eigenvalue weighted by molar-refractivity contribution is 5.90. The Balaban J connectivity index is 2.78. The number of carbonyl (C=O) groups is 1. The average Bonchev–Trinajstić information content (AvgIpc) is 2.81. The van der Waals surface area contributed by atoms with E-state index in [2.05, 4.69) is 25.7 Å². The monoisotopic (exact) mass is 283 g/mol. The Morgan fingerprint density at radius 1 is 1.45 bits per heavy atom. The number of aliphatic hydroxyl groups is 1. The Hall–Kier alpha value is -1.33. The van der Waals surface area contributed by atoms with Crippen molar-refractivity contribution in [1.82, 2.24) is 4.90 Å². The third-order valence-corrected chi connectivity index (χ3v) is 2.85. The molecule has 0 atom stereocenters. The summed E-state index contributed by atoms with van der Waals surface area (Å²) < 4.78 is 10.1. The first kappa shape index (κ1) is 16.7. The molecule has 0 aliphatic heterocycles. The molecule has 5 nitrogen and oxygen atoms in total. The topological polar surface area (TPSA) is 62.9 Å². The van der Waals surface area contributed by atoms with Gasteiger partial charge in [0.2, 0.25) is 0 Å². The Morgan fingerprint density at radius 3 is 2.70 bits per heavy atom. The first-order chi connectivity index (χ1) is 9.37. The molecule has 114 valence electrons. The molecule has 0 fully saturated rings. The molecular weight excluding hydrogens is 258 g/mol. The lowest BCUT2D eigenvalue weighted by Gasteiger charge is -2.29. The summed E-state index contributed by atoms with van der Waals surface area (Å²) in [7, 11) is 1.36. The fourth-order valence-electron chi connectivity index (χ4n) is 2.14. The van der Waals surface area contributed by atoms with Crippen molar-refractivity contribution in [1.29, 1.82) is 0 Å². The lowest BCUT2D eigenvalue weighted by molar-refractivity contribution is 0.0595. The number of carbonyl (C=O) groups excluding carboxylic acids is 1. The van der Waals surface area contributed by atoms with Gasteiger partial charge in [-0.25, -0.2) is 4.79 Å². The number of methoxy groups -OCH3 is 1. The summed E-state index contributed by atoms with van der Waals surface area (Å²) in [5, 5.41) is 9.00. The molecule has 0 bridgehead atoms. The van der Waals surface area contributed by atoms with Crippen molar-refractivity contribution in [2.45, 2.75) is 33.7 Å². The lowest BCUT2D eigenvalue weighted by Crippen LogP contribution is -2.33. The van der Waals surface area contributed by atoms with Crippen molar-refractivity contribution >= 4 is 5.97 Å². The predicted octanol–water partition coefficient (Wildman–Crippen LogP) is 2.30. The van der Waals surface area contributed by atoms with Crippen LogP contribution in [0.2, 0.25) is 0 Å². The van der Waals surface area contributed by atoms with E-state index in [9.17, 15) is 4.79 Å². The summed E-state index contributed by atoms with van der Waals surface area (Å²) in [5.74, 6) is 0.227. The average molecular weight is 283 g/mol. The molecule has 0 radical (unpaired) electrons. The molecular formula is C15H25NO4. The normalized spacial score (nSPS) is 11.9.